The van der Waals surface area contributed by atoms with Crippen LogP contribution in [0.1, 0.15) is 6.92 Å². The second-order valence-electron chi connectivity index (χ2n) is 6.13. The Morgan fingerprint density at radius 2 is 2.21 bits per heavy atom. The zero-order chi connectivity index (χ0) is 14.0. The van der Waals surface area contributed by atoms with Crippen LogP contribution < -0.4 is 5.32 Å². The molecule has 6 heteroatoms. The maximum Gasteiger partial charge on any atom is 0.159 e. The van der Waals surface area contributed by atoms with Gasteiger partial charge >= 0.3 is 0 Å². The third-order valence-corrected chi connectivity index (χ3v) is 5.29. The normalized spacial score (nSPS) is 25.2. The molecule has 19 heavy (non-hydrogen) atoms. The highest BCUT2D eigenvalue weighted by Crippen LogP contribution is 2.30. The van der Waals surface area contributed by atoms with Gasteiger partial charge in [0.15, 0.2) is 6.17 Å². The average molecular weight is 300 g/mol. The van der Waals surface area contributed by atoms with E-state index in [4.69, 9.17) is 16.3 Å². The fraction of sp³-hybridized carbons (Fsp3) is 0.615. The standard InChI is InChI=1S/C13H22ClN3OSi/c1-10-5-6-15-12-11(14)13(16-12)17(10)9-18-7-8-19(2,3)4/h5-6,12,16H,7-9H2,1-4H3/b10-5+,15-6?. The number of nitrogens with zero attached hydrogens (tertiary/aromatic N) is 2. The summed E-state index contributed by atoms with van der Waals surface area (Å²) < 4.78 is 5.80. The summed E-state index contributed by atoms with van der Waals surface area (Å²) in [5.41, 5.74) is 1.08. The molecule has 1 N–H and O–H groups in total. The van der Waals surface area contributed by atoms with E-state index in [0.717, 1.165) is 23.2 Å². The molecule has 4 nitrogen and oxygen atoms in total. The van der Waals surface area contributed by atoms with E-state index < -0.39 is 8.07 Å². The van der Waals surface area contributed by atoms with Crippen LogP contribution in [0.4, 0.5) is 0 Å². The van der Waals surface area contributed by atoms with Crippen LogP contribution in [0.5, 0.6) is 0 Å². The summed E-state index contributed by atoms with van der Waals surface area (Å²) in [7, 11) is -1.03. The van der Waals surface area contributed by atoms with Gasteiger partial charge in [0.1, 0.15) is 17.6 Å². The number of aliphatic imine (C=N–C) groups is 1. The quantitative estimate of drug-likeness (QED) is 0.626. The van der Waals surface area contributed by atoms with Gasteiger partial charge in [0.05, 0.1) is 0 Å². The Morgan fingerprint density at radius 3 is 2.84 bits per heavy atom. The van der Waals surface area contributed by atoms with Crippen LogP contribution >= 0.6 is 11.6 Å². The lowest BCUT2D eigenvalue weighted by atomic mass is 10.2. The molecular weight excluding hydrogens is 278 g/mol. The van der Waals surface area contributed by atoms with Gasteiger partial charge in [0.2, 0.25) is 0 Å². The fourth-order valence-electron chi connectivity index (χ4n) is 1.83. The first-order valence-corrected chi connectivity index (χ1v) is 10.7. The van der Waals surface area contributed by atoms with Crippen molar-refractivity contribution in [3.8, 4) is 0 Å². The predicted octanol–water partition coefficient (Wildman–Crippen LogP) is 2.93. The minimum absolute atomic E-state index is 0.0782. The molecule has 0 aliphatic carbocycles. The Morgan fingerprint density at radius 1 is 1.47 bits per heavy atom. The average Bonchev–Trinajstić information content (AvgIpc) is 2.30. The summed E-state index contributed by atoms with van der Waals surface area (Å²) in [6.07, 6.45) is 3.70. The van der Waals surface area contributed by atoms with Gasteiger partial charge in [-0.1, -0.05) is 31.2 Å². The van der Waals surface area contributed by atoms with Gasteiger partial charge < -0.3 is 15.0 Å². The van der Waals surface area contributed by atoms with Crippen LogP contribution in [0.25, 0.3) is 0 Å². The largest absolute Gasteiger partial charge is 0.361 e. The molecule has 0 aromatic rings. The summed E-state index contributed by atoms with van der Waals surface area (Å²) in [6, 6.07) is 1.17. The molecule has 0 aromatic carbocycles. The van der Waals surface area contributed by atoms with Crippen LogP contribution in [0, 0.1) is 0 Å². The van der Waals surface area contributed by atoms with Crippen molar-refractivity contribution in [2.24, 2.45) is 4.99 Å². The number of fused-ring (bicyclic) bond motifs is 2. The first-order chi connectivity index (χ1) is 8.88. The molecule has 0 saturated carbocycles. The van der Waals surface area contributed by atoms with Crippen molar-refractivity contribution < 1.29 is 4.74 Å². The van der Waals surface area contributed by atoms with Crippen molar-refractivity contribution in [1.29, 1.82) is 0 Å². The molecule has 3 aliphatic rings. The number of rotatable bonds is 5. The first kappa shape index (κ1) is 14.6. The number of hydrogen-bond acceptors (Lipinski definition) is 4. The van der Waals surface area contributed by atoms with Gasteiger partial charge in [-0.3, -0.25) is 4.99 Å². The Balaban J connectivity index is 1.93. The molecule has 1 atom stereocenters. The van der Waals surface area contributed by atoms with Gasteiger partial charge in [-0.05, 0) is 19.0 Å². The maximum absolute atomic E-state index is 6.23. The van der Waals surface area contributed by atoms with Crippen molar-refractivity contribution in [2.45, 2.75) is 38.8 Å². The Kier molecular flexibility index (Phi) is 4.38. The van der Waals surface area contributed by atoms with Crippen LogP contribution in [0.15, 0.2) is 27.6 Å². The lowest BCUT2D eigenvalue weighted by Gasteiger charge is -2.39. The number of allylic oxidation sites excluding steroid dienone is 2. The van der Waals surface area contributed by atoms with Crippen LogP contribution in [0.3, 0.4) is 0 Å². The minimum atomic E-state index is -1.03. The zero-order valence-corrected chi connectivity index (χ0v) is 13.8. The van der Waals surface area contributed by atoms with Crippen molar-refractivity contribution >= 4 is 25.9 Å². The van der Waals surface area contributed by atoms with Gasteiger partial charge in [-0.2, -0.15) is 0 Å². The summed E-state index contributed by atoms with van der Waals surface area (Å²) in [6.45, 7) is 10.4. The SMILES string of the molecule is C/C1=C\C=NC2NC(=C2Cl)N1COCC[Si](C)(C)C. The van der Waals surface area contributed by atoms with Crippen molar-refractivity contribution in [1.82, 2.24) is 10.2 Å². The van der Waals surface area contributed by atoms with E-state index in [-0.39, 0.29) is 6.17 Å². The molecule has 3 rings (SSSR count). The van der Waals surface area contributed by atoms with Crippen molar-refractivity contribution in [3.05, 3.63) is 22.6 Å². The van der Waals surface area contributed by atoms with E-state index in [2.05, 4.69) is 34.9 Å². The minimum Gasteiger partial charge on any atom is -0.361 e. The smallest absolute Gasteiger partial charge is 0.159 e. The highest BCUT2D eigenvalue weighted by Gasteiger charge is 2.32. The number of halogens is 1. The molecule has 0 aromatic heterocycles. The molecule has 0 fully saturated rings. The lowest BCUT2D eigenvalue weighted by molar-refractivity contribution is 0.0638. The van der Waals surface area contributed by atoms with E-state index in [9.17, 15) is 0 Å². The van der Waals surface area contributed by atoms with Gasteiger partial charge in [0, 0.05) is 26.6 Å². The Bertz CT molecular complexity index is 440. The summed E-state index contributed by atoms with van der Waals surface area (Å²) >= 11 is 6.23. The molecule has 3 heterocycles. The molecule has 3 aliphatic heterocycles. The second-order valence-corrected chi connectivity index (χ2v) is 12.2. The Labute approximate surface area is 121 Å². The summed E-state index contributed by atoms with van der Waals surface area (Å²) in [5, 5.41) is 3.99. The van der Waals surface area contributed by atoms with E-state index in [1.165, 1.54) is 6.04 Å². The molecule has 0 saturated heterocycles. The van der Waals surface area contributed by atoms with Crippen molar-refractivity contribution in [3.63, 3.8) is 0 Å². The molecule has 106 valence electrons. The van der Waals surface area contributed by atoms with Crippen LogP contribution in [-0.4, -0.2) is 38.7 Å². The third kappa shape index (κ3) is 3.61. The molecule has 1 unspecified atom stereocenters. The predicted molar refractivity (Wildman–Crippen MR) is 82.9 cm³/mol. The highest BCUT2D eigenvalue weighted by atomic mass is 35.5. The highest BCUT2D eigenvalue weighted by molar-refractivity contribution is 6.76. The third-order valence-electron chi connectivity index (χ3n) is 3.20. The molecule has 0 spiro atoms. The molecule has 0 radical (unpaired) electrons. The lowest BCUT2D eigenvalue weighted by Crippen LogP contribution is -2.48. The van der Waals surface area contributed by atoms with E-state index >= 15 is 0 Å². The van der Waals surface area contributed by atoms with Gasteiger partial charge in [0.25, 0.3) is 0 Å². The number of hydrogen-bond donors (Lipinski definition) is 1. The summed E-state index contributed by atoms with van der Waals surface area (Å²) in [4.78, 5) is 6.34. The number of nitrogens with one attached hydrogen (secondary N) is 1. The summed E-state index contributed by atoms with van der Waals surface area (Å²) in [5.74, 6) is 0.922. The van der Waals surface area contributed by atoms with E-state index in [0.29, 0.717) is 6.73 Å². The monoisotopic (exact) mass is 299 g/mol. The number of ether oxygens (including phenoxy) is 1. The van der Waals surface area contributed by atoms with E-state index in [1.54, 1.807) is 6.21 Å². The zero-order valence-electron chi connectivity index (χ0n) is 12.0. The molecule has 0 amide bonds. The fourth-order valence-corrected chi connectivity index (χ4v) is 2.85. The van der Waals surface area contributed by atoms with E-state index in [1.807, 2.05) is 13.0 Å². The topological polar surface area (TPSA) is 36.9 Å². The van der Waals surface area contributed by atoms with Gasteiger partial charge in [-0.25, -0.2) is 0 Å². The van der Waals surface area contributed by atoms with Crippen LogP contribution in [0.2, 0.25) is 25.7 Å². The second kappa shape index (κ2) is 5.69. The van der Waals surface area contributed by atoms with Crippen LogP contribution in [-0.2, 0) is 4.74 Å². The Hall–Kier alpha value is -0.783. The first-order valence-electron chi connectivity index (χ1n) is 6.60. The molecular formula is C13H22ClN3OSi. The maximum atomic E-state index is 6.23. The van der Waals surface area contributed by atoms with Gasteiger partial charge in [-0.15, -0.1) is 0 Å². The molecule has 2 bridgehead atoms. The van der Waals surface area contributed by atoms with Crippen molar-refractivity contribution in [2.75, 3.05) is 13.3 Å².